The molecule has 5 nitrogen and oxygen atoms in total. The molecule has 0 aliphatic heterocycles. The molecule has 0 aliphatic carbocycles. The minimum atomic E-state index is -0.415. The summed E-state index contributed by atoms with van der Waals surface area (Å²) in [6, 6.07) is 3.22. The molecule has 0 saturated carbocycles. The first-order valence-corrected chi connectivity index (χ1v) is 6.95. The highest BCUT2D eigenvalue weighted by Crippen LogP contribution is 2.13. The van der Waals surface area contributed by atoms with Crippen molar-refractivity contribution in [3.8, 4) is 0 Å². The summed E-state index contributed by atoms with van der Waals surface area (Å²) in [5, 5.41) is 0.305. The van der Waals surface area contributed by atoms with Crippen molar-refractivity contribution in [2.45, 2.75) is 19.8 Å². The molecule has 0 bridgehead atoms. The van der Waals surface area contributed by atoms with Gasteiger partial charge in [0.15, 0.2) is 0 Å². The molecule has 0 aliphatic rings. The Hall–Kier alpha value is -1.17. The molecule has 0 atom stereocenters. The van der Waals surface area contributed by atoms with E-state index >= 15 is 0 Å². The number of ether oxygens (including phenoxy) is 3. The van der Waals surface area contributed by atoms with Crippen molar-refractivity contribution in [1.82, 2.24) is 4.98 Å². The van der Waals surface area contributed by atoms with Gasteiger partial charge in [-0.3, -0.25) is 0 Å². The van der Waals surface area contributed by atoms with Gasteiger partial charge in [-0.15, -0.1) is 0 Å². The van der Waals surface area contributed by atoms with Gasteiger partial charge in [0.25, 0.3) is 0 Å². The van der Waals surface area contributed by atoms with Crippen molar-refractivity contribution in [1.29, 1.82) is 0 Å². The second-order valence-corrected chi connectivity index (χ2v) is 4.55. The first-order chi connectivity index (χ1) is 9.67. The van der Waals surface area contributed by atoms with Crippen LogP contribution in [-0.2, 0) is 20.6 Å². The Morgan fingerprint density at radius 2 is 2.00 bits per heavy atom. The standard InChI is InChI=1S/C14H20ClNO4/c1-3-4-12-9-11(10-13(15)16-12)14(17)20-8-7-19-6-5-18-2/h9-10H,3-8H2,1-2H3. The van der Waals surface area contributed by atoms with E-state index in [1.54, 1.807) is 13.2 Å². The van der Waals surface area contributed by atoms with E-state index < -0.39 is 5.97 Å². The number of esters is 1. The first kappa shape index (κ1) is 16.9. The fraction of sp³-hybridized carbons (Fsp3) is 0.571. The van der Waals surface area contributed by atoms with Crippen molar-refractivity contribution >= 4 is 17.6 Å². The van der Waals surface area contributed by atoms with Crippen LogP contribution in [0.2, 0.25) is 5.15 Å². The van der Waals surface area contributed by atoms with Gasteiger partial charge in [0.05, 0.1) is 25.4 Å². The summed E-state index contributed by atoms with van der Waals surface area (Å²) >= 11 is 5.89. The monoisotopic (exact) mass is 301 g/mol. The Kier molecular flexibility index (Phi) is 8.18. The predicted octanol–water partition coefficient (Wildman–Crippen LogP) is 2.51. The maximum absolute atomic E-state index is 11.9. The van der Waals surface area contributed by atoms with Crippen molar-refractivity contribution in [2.24, 2.45) is 0 Å². The van der Waals surface area contributed by atoms with Gasteiger partial charge in [-0.25, -0.2) is 9.78 Å². The third-order valence-corrected chi connectivity index (χ3v) is 2.68. The Morgan fingerprint density at radius 1 is 1.25 bits per heavy atom. The smallest absolute Gasteiger partial charge is 0.338 e. The highest BCUT2D eigenvalue weighted by Gasteiger charge is 2.10. The Morgan fingerprint density at radius 3 is 2.70 bits per heavy atom. The zero-order chi connectivity index (χ0) is 14.8. The lowest BCUT2D eigenvalue weighted by molar-refractivity contribution is 0.0213. The van der Waals surface area contributed by atoms with Crippen LogP contribution in [-0.4, -0.2) is 44.5 Å². The van der Waals surface area contributed by atoms with Gasteiger partial charge in [-0.2, -0.15) is 0 Å². The molecule has 1 aromatic heterocycles. The molecule has 0 amide bonds. The molecule has 0 fully saturated rings. The zero-order valence-corrected chi connectivity index (χ0v) is 12.6. The van der Waals surface area contributed by atoms with E-state index in [2.05, 4.69) is 4.98 Å². The van der Waals surface area contributed by atoms with E-state index in [1.165, 1.54) is 6.07 Å². The summed E-state index contributed by atoms with van der Waals surface area (Å²) in [5.41, 5.74) is 1.22. The third kappa shape index (κ3) is 6.32. The molecule has 1 rings (SSSR count). The Bertz CT molecular complexity index is 426. The molecule has 0 aromatic carbocycles. The average Bonchev–Trinajstić information content (AvgIpc) is 2.42. The Balaban J connectivity index is 2.42. The summed E-state index contributed by atoms with van der Waals surface area (Å²) < 4.78 is 15.1. The number of carbonyl (C=O) groups excluding carboxylic acids is 1. The second-order valence-electron chi connectivity index (χ2n) is 4.16. The quantitative estimate of drug-likeness (QED) is 0.398. The van der Waals surface area contributed by atoms with Crippen molar-refractivity contribution in [3.63, 3.8) is 0 Å². The second kappa shape index (κ2) is 9.69. The van der Waals surface area contributed by atoms with Crippen LogP contribution in [0.3, 0.4) is 0 Å². The maximum atomic E-state index is 11.9. The third-order valence-electron chi connectivity index (χ3n) is 2.48. The topological polar surface area (TPSA) is 57.7 Å². The number of rotatable bonds is 9. The highest BCUT2D eigenvalue weighted by atomic mass is 35.5. The lowest BCUT2D eigenvalue weighted by atomic mass is 10.2. The van der Waals surface area contributed by atoms with Gasteiger partial charge in [0.2, 0.25) is 0 Å². The van der Waals surface area contributed by atoms with Crippen LogP contribution >= 0.6 is 11.6 Å². The molecule has 1 aromatic rings. The summed E-state index contributed by atoms with van der Waals surface area (Å²) in [7, 11) is 1.60. The predicted molar refractivity (Wildman–Crippen MR) is 76.2 cm³/mol. The Labute approximate surface area is 124 Å². The summed E-state index contributed by atoms with van der Waals surface area (Å²) in [5.74, 6) is -0.415. The van der Waals surface area contributed by atoms with Crippen molar-refractivity contribution < 1.29 is 19.0 Å². The molecular formula is C14H20ClNO4. The largest absolute Gasteiger partial charge is 0.460 e. The number of aromatic nitrogens is 1. The highest BCUT2D eigenvalue weighted by molar-refractivity contribution is 6.29. The molecule has 0 radical (unpaired) electrons. The number of nitrogens with zero attached hydrogens (tertiary/aromatic N) is 1. The molecular weight excluding hydrogens is 282 g/mol. The average molecular weight is 302 g/mol. The molecule has 0 N–H and O–H groups in total. The summed E-state index contributed by atoms with van der Waals surface area (Å²) in [6.07, 6.45) is 1.72. The molecule has 0 unspecified atom stereocenters. The van der Waals surface area contributed by atoms with E-state index in [-0.39, 0.29) is 6.61 Å². The van der Waals surface area contributed by atoms with Crippen molar-refractivity contribution in [2.75, 3.05) is 33.5 Å². The number of halogens is 1. The zero-order valence-electron chi connectivity index (χ0n) is 11.9. The number of aryl methyl sites for hydroxylation is 1. The van der Waals surface area contributed by atoms with E-state index in [0.717, 1.165) is 18.5 Å². The maximum Gasteiger partial charge on any atom is 0.338 e. The van der Waals surface area contributed by atoms with Crippen LogP contribution in [0.1, 0.15) is 29.4 Å². The molecule has 112 valence electrons. The molecule has 1 heterocycles. The first-order valence-electron chi connectivity index (χ1n) is 6.57. The molecule has 0 spiro atoms. The fourth-order valence-electron chi connectivity index (χ4n) is 1.57. The van der Waals surface area contributed by atoms with Crippen LogP contribution in [0.25, 0.3) is 0 Å². The van der Waals surface area contributed by atoms with Crippen LogP contribution < -0.4 is 0 Å². The van der Waals surface area contributed by atoms with E-state index in [4.69, 9.17) is 25.8 Å². The van der Waals surface area contributed by atoms with Gasteiger partial charge in [-0.1, -0.05) is 24.9 Å². The van der Waals surface area contributed by atoms with Gasteiger partial charge >= 0.3 is 5.97 Å². The normalized spacial score (nSPS) is 10.6. The number of pyridine rings is 1. The summed E-state index contributed by atoms with van der Waals surface area (Å²) in [4.78, 5) is 16.0. The van der Waals surface area contributed by atoms with E-state index in [1.807, 2.05) is 6.92 Å². The van der Waals surface area contributed by atoms with Crippen molar-refractivity contribution in [3.05, 3.63) is 28.5 Å². The van der Waals surface area contributed by atoms with Gasteiger partial charge in [0, 0.05) is 12.8 Å². The molecule has 6 heteroatoms. The van der Waals surface area contributed by atoms with Gasteiger partial charge < -0.3 is 14.2 Å². The van der Waals surface area contributed by atoms with Gasteiger partial charge in [0.1, 0.15) is 11.8 Å². The van der Waals surface area contributed by atoms with Gasteiger partial charge in [-0.05, 0) is 18.6 Å². The van der Waals surface area contributed by atoms with Crippen LogP contribution in [0, 0.1) is 0 Å². The number of methoxy groups -OCH3 is 1. The van der Waals surface area contributed by atoms with E-state index in [9.17, 15) is 4.79 Å². The minimum Gasteiger partial charge on any atom is -0.460 e. The number of carbonyl (C=O) groups is 1. The van der Waals surface area contributed by atoms with E-state index in [0.29, 0.717) is 30.5 Å². The fourth-order valence-corrected chi connectivity index (χ4v) is 1.80. The number of hydrogen-bond donors (Lipinski definition) is 0. The lowest BCUT2D eigenvalue weighted by Crippen LogP contribution is -2.13. The van der Waals surface area contributed by atoms with Crippen LogP contribution in [0.15, 0.2) is 12.1 Å². The van der Waals surface area contributed by atoms with Crippen LogP contribution in [0.4, 0.5) is 0 Å². The SMILES string of the molecule is CCCc1cc(C(=O)OCCOCCOC)cc(Cl)n1. The molecule has 20 heavy (non-hydrogen) atoms. The summed E-state index contributed by atoms with van der Waals surface area (Å²) in [6.45, 7) is 3.59. The minimum absolute atomic E-state index is 0.200. The molecule has 0 saturated heterocycles. The lowest BCUT2D eigenvalue weighted by Gasteiger charge is -2.07. The van der Waals surface area contributed by atoms with Crippen LogP contribution in [0.5, 0.6) is 0 Å². The number of hydrogen-bond acceptors (Lipinski definition) is 5.